The van der Waals surface area contributed by atoms with Crippen LogP contribution in [0.4, 0.5) is 0 Å². The molecule has 1 aromatic carbocycles. The van der Waals surface area contributed by atoms with Crippen LogP contribution < -0.4 is 0 Å². The molecule has 1 saturated heterocycles. The molecule has 4 heteroatoms. The van der Waals surface area contributed by atoms with Crippen LogP contribution >= 0.6 is 11.3 Å². The lowest BCUT2D eigenvalue weighted by molar-refractivity contribution is 0.0697. The Kier molecular flexibility index (Phi) is 4.00. The number of fused-ring (bicyclic) bond motifs is 1. The third kappa shape index (κ3) is 2.83. The molecule has 1 N–H and O–H groups in total. The maximum atomic E-state index is 11.6. The molecule has 3 nitrogen and oxygen atoms in total. The summed E-state index contributed by atoms with van der Waals surface area (Å²) >= 11 is 1.40. The van der Waals surface area contributed by atoms with Crippen molar-refractivity contribution in [2.24, 2.45) is 5.92 Å². The Bertz CT molecular complexity index is 664. The van der Waals surface area contributed by atoms with Crippen LogP contribution in [-0.2, 0) is 6.54 Å². The second-order valence-electron chi connectivity index (χ2n) is 6.16. The Balaban J connectivity index is 1.95. The topological polar surface area (TPSA) is 40.5 Å². The third-order valence-electron chi connectivity index (χ3n) is 4.53. The molecule has 0 spiro atoms. The average molecular weight is 303 g/mol. The number of hydrogen-bond donors (Lipinski definition) is 1. The SMILES string of the molecule is CC1CCN(Cc2c(C(=O)O)sc3ccccc23)C(C)C1. The molecule has 2 unspecified atom stereocenters. The molecule has 0 radical (unpaired) electrons. The molecule has 0 aliphatic carbocycles. The fourth-order valence-electron chi connectivity index (χ4n) is 3.32. The minimum atomic E-state index is -0.802. The number of carbonyl (C=O) groups is 1. The van der Waals surface area contributed by atoms with Crippen LogP contribution in [0.2, 0.25) is 0 Å². The largest absolute Gasteiger partial charge is 0.477 e. The molecule has 2 heterocycles. The number of benzene rings is 1. The molecule has 0 bridgehead atoms. The van der Waals surface area contributed by atoms with Gasteiger partial charge in [-0.25, -0.2) is 4.79 Å². The molecule has 1 aromatic heterocycles. The van der Waals surface area contributed by atoms with Gasteiger partial charge >= 0.3 is 5.97 Å². The van der Waals surface area contributed by atoms with Gasteiger partial charge in [0.15, 0.2) is 0 Å². The zero-order valence-corrected chi connectivity index (χ0v) is 13.3. The number of aromatic carboxylic acids is 1. The van der Waals surface area contributed by atoms with Gasteiger partial charge in [0.1, 0.15) is 4.88 Å². The highest BCUT2D eigenvalue weighted by atomic mass is 32.1. The lowest BCUT2D eigenvalue weighted by Crippen LogP contribution is -2.39. The number of nitrogens with zero attached hydrogens (tertiary/aromatic N) is 1. The minimum absolute atomic E-state index is 0.502. The molecule has 112 valence electrons. The maximum absolute atomic E-state index is 11.6. The van der Waals surface area contributed by atoms with E-state index < -0.39 is 5.97 Å². The number of carboxylic acids is 1. The highest BCUT2D eigenvalue weighted by Crippen LogP contribution is 2.34. The van der Waals surface area contributed by atoms with Crippen molar-refractivity contribution in [3.63, 3.8) is 0 Å². The Morgan fingerprint density at radius 3 is 2.86 bits per heavy atom. The van der Waals surface area contributed by atoms with Gasteiger partial charge in [0.2, 0.25) is 0 Å². The predicted octanol–water partition coefficient (Wildman–Crippen LogP) is 4.22. The molecule has 2 atom stereocenters. The van der Waals surface area contributed by atoms with Crippen molar-refractivity contribution in [3.8, 4) is 0 Å². The van der Waals surface area contributed by atoms with Gasteiger partial charge in [0.25, 0.3) is 0 Å². The van der Waals surface area contributed by atoms with E-state index in [1.54, 1.807) is 0 Å². The monoisotopic (exact) mass is 303 g/mol. The van der Waals surface area contributed by atoms with Crippen molar-refractivity contribution in [3.05, 3.63) is 34.7 Å². The first-order valence-corrected chi connectivity index (χ1v) is 8.35. The summed E-state index contributed by atoms with van der Waals surface area (Å²) in [6.07, 6.45) is 2.40. The molecule has 21 heavy (non-hydrogen) atoms. The van der Waals surface area contributed by atoms with Crippen LogP contribution in [0.5, 0.6) is 0 Å². The maximum Gasteiger partial charge on any atom is 0.346 e. The van der Waals surface area contributed by atoms with Crippen molar-refractivity contribution in [1.82, 2.24) is 4.90 Å². The van der Waals surface area contributed by atoms with Gasteiger partial charge in [-0.15, -0.1) is 11.3 Å². The Hall–Kier alpha value is -1.39. The van der Waals surface area contributed by atoms with Crippen LogP contribution in [0.25, 0.3) is 10.1 Å². The first kappa shape index (κ1) is 14.5. The van der Waals surface area contributed by atoms with Crippen molar-refractivity contribution < 1.29 is 9.90 Å². The van der Waals surface area contributed by atoms with Crippen molar-refractivity contribution in [2.45, 2.75) is 39.3 Å². The van der Waals surface area contributed by atoms with Crippen molar-refractivity contribution in [2.75, 3.05) is 6.54 Å². The first-order valence-electron chi connectivity index (χ1n) is 7.54. The van der Waals surface area contributed by atoms with E-state index in [1.165, 1.54) is 24.2 Å². The van der Waals surface area contributed by atoms with E-state index in [9.17, 15) is 9.90 Å². The number of likely N-dealkylation sites (tertiary alicyclic amines) is 1. The van der Waals surface area contributed by atoms with E-state index in [0.29, 0.717) is 10.9 Å². The third-order valence-corrected chi connectivity index (χ3v) is 5.73. The zero-order valence-electron chi connectivity index (χ0n) is 12.5. The van der Waals surface area contributed by atoms with Crippen LogP contribution in [0, 0.1) is 5.92 Å². The molecule has 2 aromatic rings. The summed E-state index contributed by atoms with van der Waals surface area (Å²) < 4.78 is 1.07. The number of carboxylic acid groups (broad SMARTS) is 1. The second kappa shape index (κ2) is 5.78. The van der Waals surface area contributed by atoms with Crippen molar-refractivity contribution >= 4 is 27.4 Å². The summed E-state index contributed by atoms with van der Waals surface area (Å²) in [6.45, 7) is 6.37. The predicted molar refractivity (Wildman–Crippen MR) is 87.1 cm³/mol. The van der Waals surface area contributed by atoms with E-state index >= 15 is 0 Å². The van der Waals surface area contributed by atoms with E-state index in [0.717, 1.165) is 34.7 Å². The number of piperidine rings is 1. The lowest BCUT2D eigenvalue weighted by atomic mass is 9.93. The van der Waals surface area contributed by atoms with Crippen LogP contribution in [-0.4, -0.2) is 28.6 Å². The Morgan fingerprint density at radius 1 is 1.38 bits per heavy atom. The number of hydrogen-bond acceptors (Lipinski definition) is 3. The van der Waals surface area contributed by atoms with E-state index in [-0.39, 0.29) is 0 Å². The summed E-state index contributed by atoms with van der Waals surface area (Å²) in [5.41, 5.74) is 0.990. The van der Waals surface area contributed by atoms with Gasteiger partial charge in [-0.2, -0.15) is 0 Å². The second-order valence-corrected chi connectivity index (χ2v) is 7.21. The highest BCUT2D eigenvalue weighted by molar-refractivity contribution is 7.21. The molecule has 0 amide bonds. The van der Waals surface area contributed by atoms with Gasteiger partial charge in [0, 0.05) is 17.3 Å². The highest BCUT2D eigenvalue weighted by Gasteiger charge is 2.26. The normalized spacial score (nSPS) is 23.5. The smallest absolute Gasteiger partial charge is 0.346 e. The Morgan fingerprint density at radius 2 is 2.14 bits per heavy atom. The van der Waals surface area contributed by atoms with E-state index in [4.69, 9.17) is 0 Å². The molecule has 1 aliphatic heterocycles. The van der Waals surface area contributed by atoms with Crippen molar-refractivity contribution in [1.29, 1.82) is 0 Å². The first-order chi connectivity index (χ1) is 10.1. The van der Waals surface area contributed by atoms with Gasteiger partial charge in [-0.1, -0.05) is 25.1 Å². The van der Waals surface area contributed by atoms with Crippen LogP contribution in [0.3, 0.4) is 0 Å². The molecule has 1 fully saturated rings. The number of rotatable bonds is 3. The molecule has 1 aliphatic rings. The van der Waals surface area contributed by atoms with Gasteiger partial charge < -0.3 is 5.11 Å². The summed E-state index contributed by atoms with van der Waals surface area (Å²) in [5, 5.41) is 10.6. The van der Waals surface area contributed by atoms with Gasteiger partial charge in [-0.05, 0) is 49.2 Å². The minimum Gasteiger partial charge on any atom is -0.477 e. The van der Waals surface area contributed by atoms with Crippen LogP contribution in [0.1, 0.15) is 41.9 Å². The fraction of sp³-hybridized carbons (Fsp3) is 0.471. The summed E-state index contributed by atoms with van der Waals surface area (Å²) in [7, 11) is 0. The van der Waals surface area contributed by atoms with E-state index in [1.807, 2.05) is 24.3 Å². The summed E-state index contributed by atoms with van der Waals surface area (Å²) in [5.74, 6) is -0.0290. The fourth-order valence-corrected chi connectivity index (χ4v) is 4.38. The molecule has 0 saturated carbocycles. The molecular weight excluding hydrogens is 282 g/mol. The average Bonchev–Trinajstić information content (AvgIpc) is 2.81. The quantitative estimate of drug-likeness (QED) is 0.923. The molecular formula is C17H21NO2S. The summed E-state index contributed by atoms with van der Waals surface area (Å²) in [4.78, 5) is 14.5. The number of thiophene rings is 1. The van der Waals surface area contributed by atoms with E-state index in [2.05, 4.69) is 18.7 Å². The Labute approximate surface area is 129 Å². The standard InChI is InChI=1S/C17H21NO2S/c1-11-7-8-18(12(2)9-11)10-14-13-5-3-4-6-15(13)21-16(14)17(19)20/h3-6,11-12H,7-10H2,1-2H3,(H,19,20). The zero-order chi connectivity index (χ0) is 15.0. The van der Waals surface area contributed by atoms with Crippen LogP contribution in [0.15, 0.2) is 24.3 Å². The lowest BCUT2D eigenvalue weighted by Gasteiger charge is -2.36. The van der Waals surface area contributed by atoms with Gasteiger partial charge in [0.05, 0.1) is 0 Å². The van der Waals surface area contributed by atoms with Gasteiger partial charge in [-0.3, -0.25) is 4.90 Å². The summed E-state index contributed by atoms with van der Waals surface area (Å²) in [6, 6.07) is 8.54. The molecule has 3 rings (SSSR count).